The van der Waals surface area contributed by atoms with Gasteiger partial charge < -0.3 is 20.0 Å². The summed E-state index contributed by atoms with van der Waals surface area (Å²) in [5.74, 6) is -1.01. The molecule has 0 unspecified atom stereocenters. The monoisotopic (exact) mass is 289 g/mol. The van der Waals surface area contributed by atoms with E-state index >= 15 is 0 Å². The molecule has 0 atom stereocenters. The highest BCUT2D eigenvalue weighted by molar-refractivity contribution is 6.07. The molecule has 2 heterocycles. The second-order valence-electron chi connectivity index (χ2n) is 4.59. The summed E-state index contributed by atoms with van der Waals surface area (Å²) < 4.78 is 4.64. The number of carbonyl (C=O) groups excluding carboxylic acids is 2. The Morgan fingerprint density at radius 3 is 2.57 bits per heavy atom. The maximum Gasteiger partial charge on any atom is 0.356 e. The van der Waals surface area contributed by atoms with Crippen molar-refractivity contribution in [2.75, 3.05) is 12.4 Å². The van der Waals surface area contributed by atoms with Crippen molar-refractivity contribution < 1.29 is 14.3 Å². The van der Waals surface area contributed by atoms with Gasteiger partial charge in [0.2, 0.25) is 0 Å². The Hall–Kier alpha value is -2.83. The molecule has 0 fully saturated rings. The first-order chi connectivity index (χ1) is 9.92. The average molecular weight is 289 g/mol. The van der Waals surface area contributed by atoms with Gasteiger partial charge in [0.15, 0.2) is 0 Å². The maximum absolute atomic E-state index is 12.2. The number of aromatic nitrogens is 2. The molecule has 0 saturated heterocycles. The highest BCUT2D eigenvalue weighted by Gasteiger charge is 2.17. The number of carbonyl (C=O) groups is 2. The van der Waals surface area contributed by atoms with Gasteiger partial charge in [0.25, 0.3) is 11.5 Å². The lowest BCUT2D eigenvalue weighted by Gasteiger charge is -2.06. The van der Waals surface area contributed by atoms with Gasteiger partial charge in [-0.25, -0.2) is 4.79 Å². The summed E-state index contributed by atoms with van der Waals surface area (Å²) in [7, 11) is 1.26. The summed E-state index contributed by atoms with van der Waals surface area (Å²) in [6.45, 7) is 3.36. The third-order valence-corrected chi connectivity index (χ3v) is 2.94. The van der Waals surface area contributed by atoms with Crippen LogP contribution in [0.4, 0.5) is 5.69 Å². The molecule has 0 bridgehead atoms. The van der Waals surface area contributed by atoms with E-state index in [-0.39, 0.29) is 11.3 Å². The Morgan fingerprint density at radius 2 is 1.95 bits per heavy atom. The lowest BCUT2D eigenvalue weighted by molar-refractivity contribution is 0.0596. The third kappa shape index (κ3) is 3.02. The molecule has 0 aliphatic rings. The van der Waals surface area contributed by atoms with Crippen LogP contribution in [-0.4, -0.2) is 29.0 Å². The first-order valence-corrected chi connectivity index (χ1v) is 6.21. The predicted octanol–water partition coefficient (Wildman–Crippen LogP) is 1.36. The molecule has 110 valence electrons. The van der Waals surface area contributed by atoms with E-state index in [0.29, 0.717) is 22.5 Å². The average Bonchev–Trinajstić information content (AvgIpc) is 2.81. The number of esters is 1. The molecule has 0 spiro atoms. The lowest BCUT2D eigenvalue weighted by Crippen LogP contribution is -2.18. The molecule has 0 aliphatic carbocycles. The number of aryl methyl sites for hydroxylation is 2. The van der Waals surface area contributed by atoms with E-state index in [0.717, 1.165) is 0 Å². The number of H-pyrrole nitrogens is 2. The van der Waals surface area contributed by atoms with E-state index in [2.05, 4.69) is 20.0 Å². The number of pyridine rings is 1. The van der Waals surface area contributed by atoms with Crippen LogP contribution >= 0.6 is 0 Å². The fraction of sp³-hybridized carbons (Fsp3) is 0.214. The van der Waals surface area contributed by atoms with E-state index in [1.54, 1.807) is 19.9 Å². The van der Waals surface area contributed by atoms with Gasteiger partial charge in [-0.3, -0.25) is 9.59 Å². The lowest BCUT2D eigenvalue weighted by atomic mass is 10.2. The standard InChI is InChI=1S/C14H15N3O4/c1-7-4-9(6-15-12(7)18)13(19)17-10-5-8(2)16-11(10)14(20)21-3/h4-6,16H,1-3H3,(H,15,18)(H,17,19). The van der Waals surface area contributed by atoms with Crippen LogP contribution in [0.1, 0.15) is 32.1 Å². The van der Waals surface area contributed by atoms with Gasteiger partial charge >= 0.3 is 5.97 Å². The molecule has 2 rings (SSSR count). The summed E-state index contributed by atoms with van der Waals surface area (Å²) in [5, 5.41) is 2.62. The third-order valence-electron chi connectivity index (χ3n) is 2.94. The van der Waals surface area contributed by atoms with Crippen LogP contribution in [0.15, 0.2) is 23.1 Å². The van der Waals surface area contributed by atoms with E-state index in [9.17, 15) is 14.4 Å². The molecule has 21 heavy (non-hydrogen) atoms. The molecule has 0 radical (unpaired) electrons. The van der Waals surface area contributed by atoms with Crippen molar-refractivity contribution in [1.29, 1.82) is 0 Å². The van der Waals surface area contributed by atoms with E-state index in [1.165, 1.54) is 19.4 Å². The Labute approximate surface area is 120 Å². The van der Waals surface area contributed by atoms with Gasteiger partial charge in [0.05, 0.1) is 18.4 Å². The zero-order chi connectivity index (χ0) is 15.6. The first kappa shape index (κ1) is 14.6. The number of rotatable bonds is 3. The first-order valence-electron chi connectivity index (χ1n) is 6.21. The Balaban J connectivity index is 2.29. The van der Waals surface area contributed by atoms with Crippen molar-refractivity contribution >= 4 is 17.6 Å². The van der Waals surface area contributed by atoms with Crippen molar-refractivity contribution in [2.24, 2.45) is 0 Å². The summed E-state index contributed by atoms with van der Waals surface area (Å²) in [5.41, 5.74) is 1.68. The van der Waals surface area contributed by atoms with E-state index in [4.69, 9.17) is 0 Å². The minimum atomic E-state index is -0.573. The molecular weight excluding hydrogens is 274 g/mol. The van der Waals surface area contributed by atoms with Gasteiger partial charge in [-0.1, -0.05) is 0 Å². The normalized spacial score (nSPS) is 10.2. The molecule has 2 aromatic rings. The van der Waals surface area contributed by atoms with Crippen LogP contribution in [0.3, 0.4) is 0 Å². The SMILES string of the molecule is COC(=O)c1[nH]c(C)cc1NC(=O)c1c[nH]c(=O)c(C)c1. The van der Waals surface area contributed by atoms with Crippen LogP contribution in [0.5, 0.6) is 0 Å². The van der Waals surface area contributed by atoms with Crippen LogP contribution in [0.25, 0.3) is 0 Å². The fourth-order valence-electron chi connectivity index (χ4n) is 1.87. The summed E-state index contributed by atoms with van der Waals surface area (Å²) in [6, 6.07) is 3.11. The number of nitrogens with one attached hydrogen (secondary N) is 3. The van der Waals surface area contributed by atoms with Crippen LogP contribution in [0, 0.1) is 13.8 Å². The minimum absolute atomic E-state index is 0.171. The highest BCUT2D eigenvalue weighted by atomic mass is 16.5. The molecule has 7 heteroatoms. The number of aromatic amines is 2. The highest BCUT2D eigenvalue weighted by Crippen LogP contribution is 2.18. The topological polar surface area (TPSA) is 104 Å². The predicted molar refractivity (Wildman–Crippen MR) is 76.6 cm³/mol. The van der Waals surface area contributed by atoms with E-state index in [1.807, 2.05) is 0 Å². The number of hydrogen-bond acceptors (Lipinski definition) is 4. The van der Waals surface area contributed by atoms with Gasteiger partial charge in [-0.15, -0.1) is 0 Å². The summed E-state index contributed by atoms with van der Waals surface area (Å²) in [6.07, 6.45) is 1.32. The maximum atomic E-state index is 12.2. The van der Waals surface area contributed by atoms with E-state index < -0.39 is 11.9 Å². The number of amides is 1. The molecule has 0 aromatic carbocycles. The zero-order valence-corrected chi connectivity index (χ0v) is 11.9. The molecular formula is C14H15N3O4. The largest absolute Gasteiger partial charge is 0.464 e. The molecule has 1 amide bonds. The quantitative estimate of drug-likeness (QED) is 0.742. The van der Waals surface area contributed by atoms with Crippen LogP contribution in [-0.2, 0) is 4.74 Å². The molecule has 3 N–H and O–H groups in total. The van der Waals surface area contributed by atoms with Crippen molar-refractivity contribution in [1.82, 2.24) is 9.97 Å². The summed E-state index contributed by atoms with van der Waals surface area (Å²) >= 11 is 0. The van der Waals surface area contributed by atoms with Crippen molar-refractivity contribution in [3.63, 3.8) is 0 Å². The molecule has 0 aliphatic heterocycles. The smallest absolute Gasteiger partial charge is 0.356 e. The second-order valence-corrected chi connectivity index (χ2v) is 4.59. The fourth-order valence-corrected chi connectivity index (χ4v) is 1.87. The molecule has 0 saturated carbocycles. The number of anilines is 1. The van der Waals surface area contributed by atoms with Crippen molar-refractivity contribution in [3.8, 4) is 0 Å². The second kappa shape index (κ2) is 5.66. The van der Waals surface area contributed by atoms with Crippen LogP contribution < -0.4 is 10.9 Å². The molecule has 2 aromatic heterocycles. The number of hydrogen-bond donors (Lipinski definition) is 3. The van der Waals surface area contributed by atoms with Gasteiger partial charge in [0, 0.05) is 17.5 Å². The van der Waals surface area contributed by atoms with Crippen LogP contribution in [0.2, 0.25) is 0 Å². The Kier molecular flexibility index (Phi) is 3.93. The van der Waals surface area contributed by atoms with Gasteiger partial charge in [-0.2, -0.15) is 0 Å². The number of methoxy groups -OCH3 is 1. The Morgan fingerprint density at radius 1 is 1.24 bits per heavy atom. The number of ether oxygens (including phenoxy) is 1. The zero-order valence-electron chi connectivity index (χ0n) is 11.9. The van der Waals surface area contributed by atoms with Crippen molar-refractivity contribution in [2.45, 2.75) is 13.8 Å². The van der Waals surface area contributed by atoms with Crippen molar-refractivity contribution in [3.05, 3.63) is 51.2 Å². The minimum Gasteiger partial charge on any atom is -0.464 e. The summed E-state index contributed by atoms with van der Waals surface area (Å²) in [4.78, 5) is 40.3. The van der Waals surface area contributed by atoms with Gasteiger partial charge in [0.1, 0.15) is 5.69 Å². The Bertz CT molecular complexity index is 758. The molecule has 7 nitrogen and oxygen atoms in total. The van der Waals surface area contributed by atoms with Gasteiger partial charge in [-0.05, 0) is 26.0 Å².